The Kier molecular flexibility index (Phi) is 20.7. The third-order valence-electron chi connectivity index (χ3n) is 1.22. The summed E-state index contributed by atoms with van der Waals surface area (Å²) < 4.78 is 0. The minimum absolute atomic E-state index is 0.104. The first-order valence-corrected chi connectivity index (χ1v) is 5.28. The SMILES string of the molecule is CC.CNCC(=O)N(C)C.NCCC(N)=O. The van der Waals surface area contributed by atoms with Crippen molar-refractivity contribution in [2.75, 3.05) is 34.2 Å². The molecule has 0 radical (unpaired) electrons. The molecule has 2 amide bonds. The number of primary amides is 1. The van der Waals surface area contributed by atoms with E-state index in [1.807, 2.05) is 13.8 Å². The number of hydrogen-bond acceptors (Lipinski definition) is 4. The fourth-order valence-corrected chi connectivity index (χ4v) is 0.452. The van der Waals surface area contributed by atoms with E-state index in [0.717, 1.165) is 0 Å². The summed E-state index contributed by atoms with van der Waals surface area (Å²) in [5, 5.41) is 2.76. The van der Waals surface area contributed by atoms with E-state index in [2.05, 4.69) is 11.1 Å². The lowest BCUT2D eigenvalue weighted by molar-refractivity contribution is -0.127. The van der Waals surface area contributed by atoms with Crippen LogP contribution >= 0.6 is 0 Å². The van der Waals surface area contributed by atoms with Crippen LogP contribution < -0.4 is 16.8 Å². The molecule has 6 heteroatoms. The summed E-state index contributed by atoms with van der Waals surface area (Å²) in [6.07, 6.45) is 0.292. The van der Waals surface area contributed by atoms with E-state index in [0.29, 0.717) is 19.5 Å². The van der Waals surface area contributed by atoms with Crippen LogP contribution in [0, 0.1) is 0 Å². The van der Waals surface area contributed by atoms with Crippen molar-refractivity contribution in [3.8, 4) is 0 Å². The minimum atomic E-state index is -0.336. The summed E-state index contributed by atoms with van der Waals surface area (Å²) in [4.78, 5) is 21.9. The van der Waals surface area contributed by atoms with Crippen molar-refractivity contribution in [3.05, 3.63) is 0 Å². The predicted molar refractivity (Wildman–Crippen MR) is 66.8 cm³/mol. The summed E-state index contributed by atoms with van der Waals surface area (Å²) in [5.74, 6) is -0.231. The van der Waals surface area contributed by atoms with Crippen molar-refractivity contribution in [1.82, 2.24) is 10.2 Å². The molecule has 0 fully saturated rings. The van der Waals surface area contributed by atoms with Crippen molar-refractivity contribution >= 4 is 11.8 Å². The van der Waals surface area contributed by atoms with Crippen molar-refractivity contribution in [1.29, 1.82) is 0 Å². The van der Waals surface area contributed by atoms with Gasteiger partial charge in [0.05, 0.1) is 6.54 Å². The monoisotopic (exact) mass is 234 g/mol. The average molecular weight is 234 g/mol. The summed E-state index contributed by atoms with van der Waals surface area (Å²) in [7, 11) is 5.22. The molecule has 0 spiro atoms. The van der Waals surface area contributed by atoms with Crippen LogP contribution in [-0.4, -0.2) is 50.9 Å². The van der Waals surface area contributed by atoms with Crippen LogP contribution in [0.25, 0.3) is 0 Å². The molecular formula is C10H26N4O2. The van der Waals surface area contributed by atoms with Gasteiger partial charge in [0, 0.05) is 27.1 Å². The summed E-state index contributed by atoms with van der Waals surface area (Å²) in [5.41, 5.74) is 9.61. The highest BCUT2D eigenvalue weighted by molar-refractivity contribution is 5.77. The zero-order valence-corrected chi connectivity index (χ0v) is 11.0. The van der Waals surface area contributed by atoms with Gasteiger partial charge in [0.25, 0.3) is 0 Å². The Labute approximate surface area is 98.3 Å². The van der Waals surface area contributed by atoms with Crippen LogP contribution in [0.3, 0.4) is 0 Å². The molecule has 16 heavy (non-hydrogen) atoms. The van der Waals surface area contributed by atoms with Gasteiger partial charge in [0.2, 0.25) is 11.8 Å². The van der Waals surface area contributed by atoms with E-state index in [4.69, 9.17) is 5.73 Å². The van der Waals surface area contributed by atoms with Crippen LogP contribution in [0.15, 0.2) is 0 Å². The summed E-state index contributed by atoms with van der Waals surface area (Å²) in [6, 6.07) is 0. The largest absolute Gasteiger partial charge is 0.370 e. The highest BCUT2D eigenvalue weighted by Gasteiger charge is 1.98. The number of nitrogens with one attached hydrogen (secondary N) is 1. The maximum absolute atomic E-state index is 10.6. The lowest BCUT2D eigenvalue weighted by Gasteiger charge is -2.07. The molecule has 0 bridgehead atoms. The van der Waals surface area contributed by atoms with Crippen LogP contribution in [0.2, 0.25) is 0 Å². The van der Waals surface area contributed by atoms with E-state index in [1.54, 1.807) is 26.0 Å². The Morgan fingerprint density at radius 1 is 1.25 bits per heavy atom. The van der Waals surface area contributed by atoms with Crippen LogP contribution in [0.1, 0.15) is 20.3 Å². The van der Waals surface area contributed by atoms with E-state index >= 15 is 0 Å². The lowest BCUT2D eigenvalue weighted by Crippen LogP contribution is -2.30. The quantitative estimate of drug-likeness (QED) is 0.589. The lowest BCUT2D eigenvalue weighted by atomic mass is 10.4. The van der Waals surface area contributed by atoms with Gasteiger partial charge in [-0.2, -0.15) is 0 Å². The average Bonchev–Trinajstić information content (AvgIpc) is 2.21. The van der Waals surface area contributed by atoms with Crippen molar-refractivity contribution < 1.29 is 9.59 Å². The zero-order chi connectivity index (χ0) is 13.6. The molecule has 5 N–H and O–H groups in total. The van der Waals surface area contributed by atoms with Crippen LogP contribution in [0.4, 0.5) is 0 Å². The number of nitrogens with two attached hydrogens (primary N) is 2. The predicted octanol–water partition coefficient (Wildman–Crippen LogP) is -0.859. The molecular weight excluding hydrogens is 208 g/mol. The molecule has 0 aromatic heterocycles. The topological polar surface area (TPSA) is 101 Å². The van der Waals surface area contributed by atoms with Gasteiger partial charge in [0.15, 0.2) is 0 Å². The van der Waals surface area contributed by atoms with Crippen molar-refractivity contribution in [2.45, 2.75) is 20.3 Å². The number of likely N-dealkylation sites (N-methyl/N-ethyl adjacent to an activating group) is 2. The minimum Gasteiger partial charge on any atom is -0.370 e. The summed E-state index contributed by atoms with van der Waals surface area (Å²) in [6.45, 7) is 4.78. The molecule has 0 atom stereocenters. The summed E-state index contributed by atoms with van der Waals surface area (Å²) >= 11 is 0. The molecule has 0 aliphatic carbocycles. The second-order valence-corrected chi connectivity index (χ2v) is 2.82. The van der Waals surface area contributed by atoms with Gasteiger partial charge in [-0.25, -0.2) is 0 Å². The highest BCUT2D eigenvalue weighted by Crippen LogP contribution is 1.72. The molecule has 0 unspecified atom stereocenters. The van der Waals surface area contributed by atoms with E-state index in [9.17, 15) is 9.59 Å². The molecule has 6 nitrogen and oxygen atoms in total. The number of amides is 2. The van der Waals surface area contributed by atoms with Crippen molar-refractivity contribution in [3.63, 3.8) is 0 Å². The Morgan fingerprint density at radius 2 is 1.69 bits per heavy atom. The molecule has 0 saturated heterocycles. The van der Waals surface area contributed by atoms with Gasteiger partial charge in [-0.1, -0.05) is 13.8 Å². The Balaban J connectivity index is -0.000000188. The fourth-order valence-electron chi connectivity index (χ4n) is 0.452. The maximum Gasteiger partial charge on any atom is 0.235 e. The maximum atomic E-state index is 10.6. The van der Waals surface area contributed by atoms with E-state index in [1.165, 1.54) is 0 Å². The normalized spacial score (nSPS) is 7.88. The first-order chi connectivity index (χ1) is 7.45. The third-order valence-corrected chi connectivity index (χ3v) is 1.22. The number of carbonyl (C=O) groups is 2. The standard InChI is InChI=1S/C5H12N2O.C3H8N2O.C2H6/c1-6-4-5(8)7(2)3;4-2-1-3(5)6;1-2/h6H,4H2,1-3H3;1-2,4H2,(H2,5,6);1-2H3. The molecule has 0 aromatic carbocycles. The van der Waals surface area contributed by atoms with Crippen LogP contribution in [-0.2, 0) is 9.59 Å². The smallest absolute Gasteiger partial charge is 0.235 e. The van der Waals surface area contributed by atoms with E-state index < -0.39 is 0 Å². The van der Waals surface area contributed by atoms with Gasteiger partial charge < -0.3 is 21.7 Å². The van der Waals surface area contributed by atoms with Crippen molar-refractivity contribution in [2.24, 2.45) is 11.5 Å². The number of rotatable bonds is 4. The third kappa shape index (κ3) is 23.0. The van der Waals surface area contributed by atoms with E-state index in [-0.39, 0.29) is 11.8 Å². The van der Waals surface area contributed by atoms with Crippen LogP contribution in [0.5, 0.6) is 0 Å². The number of carbonyl (C=O) groups excluding carboxylic acids is 2. The van der Waals surface area contributed by atoms with Gasteiger partial charge in [-0.3, -0.25) is 9.59 Å². The Hall–Kier alpha value is -1.14. The highest BCUT2D eigenvalue weighted by atomic mass is 16.2. The molecule has 0 aliphatic heterocycles. The van der Waals surface area contributed by atoms with Gasteiger partial charge in [-0.05, 0) is 7.05 Å². The van der Waals surface area contributed by atoms with Gasteiger partial charge >= 0.3 is 0 Å². The Bertz CT molecular complexity index is 172. The second-order valence-electron chi connectivity index (χ2n) is 2.82. The van der Waals surface area contributed by atoms with Gasteiger partial charge in [0.1, 0.15) is 0 Å². The molecule has 98 valence electrons. The number of nitrogens with zero attached hydrogens (tertiary/aromatic N) is 1. The first-order valence-electron chi connectivity index (χ1n) is 5.28. The molecule has 0 heterocycles. The number of hydrogen-bond donors (Lipinski definition) is 3. The second kappa shape index (κ2) is 16.3. The zero-order valence-electron chi connectivity index (χ0n) is 11.0. The molecule has 0 aliphatic rings. The Morgan fingerprint density at radius 3 is 1.75 bits per heavy atom. The molecule has 0 aromatic rings. The fraction of sp³-hybridized carbons (Fsp3) is 0.800. The molecule has 0 rings (SSSR count). The van der Waals surface area contributed by atoms with Gasteiger partial charge in [-0.15, -0.1) is 0 Å². The first kappa shape index (κ1) is 20.3. The molecule has 0 saturated carbocycles.